The van der Waals surface area contributed by atoms with Crippen LogP contribution < -0.4 is 11.2 Å². The molecule has 0 aliphatic heterocycles. The third-order valence-electron chi connectivity index (χ3n) is 1.93. The minimum Gasteiger partial charge on any atom is -0.350 e. The number of pyridine rings is 1. The van der Waals surface area contributed by atoms with Crippen LogP contribution in [-0.4, -0.2) is 26.7 Å². The van der Waals surface area contributed by atoms with E-state index < -0.39 is 6.03 Å². The minimum atomic E-state index is -0.714. The van der Waals surface area contributed by atoms with Crippen LogP contribution in [0.1, 0.15) is 12.7 Å². The number of hydrogen-bond acceptors (Lipinski definition) is 4. The summed E-state index contributed by atoms with van der Waals surface area (Å²) in [6, 6.07) is 2.94. The molecule has 0 saturated heterocycles. The van der Waals surface area contributed by atoms with Crippen molar-refractivity contribution in [2.45, 2.75) is 6.92 Å². The number of carbonyl (C=O) groups excluding carboxylic acids is 1. The number of carbonyl (C=O) groups is 1. The predicted octanol–water partition coefficient (Wildman–Crippen LogP) is 0.350. The van der Waals surface area contributed by atoms with Gasteiger partial charge < -0.3 is 10.7 Å². The summed E-state index contributed by atoms with van der Waals surface area (Å²) in [5.41, 5.74) is 8.97. The summed E-state index contributed by atoms with van der Waals surface area (Å²) >= 11 is 0. The van der Waals surface area contributed by atoms with Gasteiger partial charge in [0.05, 0.1) is 5.52 Å². The molecule has 2 aromatic heterocycles. The molecule has 2 amide bonds. The fourth-order valence-corrected chi connectivity index (χ4v) is 1.21. The Morgan fingerprint density at radius 1 is 1.62 bits per heavy atom. The molecule has 0 fully saturated rings. The molecule has 4 N–H and O–H groups in total. The molecule has 82 valence electrons. The second-order valence-corrected chi connectivity index (χ2v) is 3.13. The molecule has 0 unspecified atom stereocenters. The fraction of sp³-hybridized carbons (Fsp3) is 0.111. The van der Waals surface area contributed by atoms with Gasteiger partial charge in [0.2, 0.25) is 0 Å². The minimum absolute atomic E-state index is 0.525. The van der Waals surface area contributed by atoms with Crippen molar-refractivity contribution in [3.05, 3.63) is 24.2 Å². The normalized spacial score (nSPS) is 11.7. The molecule has 0 saturated carbocycles. The van der Waals surface area contributed by atoms with Gasteiger partial charge in [-0.05, 0) is 19.1 Å². The Morgan fingerprint density at radius 3 is 3.12 bits per heavy atom. The number of aromatic amines is 1. The van der Waals surface area contributed by atoms with E-state index in [2.05, 4.69) is 25.5 Å². The number of primary amides is 1. The van der Waals surface area contributed by atoms with Gasteiger partial charge in [0.15, 0.2) is 11.5 Å². The fourth-order valence-electron chi connectivity index (χ4n) is 1.21. The van der Waals surface area contributed by atoms with E-state index in [0.29, 0.717) is 17.2 Å². The van der Waals surface area contributed by atoms with Crippen LogP contribution in [0.4, 0.5) is 4.79 Å². The molecule has 0 radical (unpaired) electrons. The lowest BCUT2D eigenvalue weighted by Gasteiger charge is -1.95. The Hall–Kier alpha value is -2.44. The number of urea groups is 1. The van der Waals surface area contributed by atoms with Crippen LogP contribution in [0.2, 0.25) is 0 Å². The summed E-state index contributed by atoms with van der Waals surface area (Å²) in [4.78, 5) is 21.8. The Bertz CT molecular complexity index is 525. The van der Waals surface area contributed by atoms with Crippen molar-refractivity contribution in [3.63, 3.8) is 0 Å². The average Bonchev–Trinajstić information content (AvgIpc) is 2.69. The summed E-state index contributed by atoms with van der Waals surface area (Å²) < 4.78 is 0. The Labute approximate surface area is 90.8 Å². The quantitative estimate of drug-likeness (QED) is 0.499. The first-order valence-electron chi connectivity index (χ1n) is 4.57. The van der Waals surface area contributed by atoms with E-state index in [1.165, 1.54) is 0 Å². The van der Waals surface area contributed by atoms with Crippen LogP contribution >= 0.6 is 0 Å². The van der Waals surface area contributed by atoms with Gasteiger partial charge in [0.25, 0.3) is 0 Å². The van der Waals surface area contributed by atoms with Crippen LogP contribution in [0.25, 0.3) is 11.2 Å². The van der Waals surface area contributed by atoms with E-state index in [1.807, 2.05) is 6.07 Å². The van der Waals surface area contributed by atoms with Crippen molar-refractivity contribution < 1.29 is 4.79 Å². The molecule has 0 aliphatic carbocycles. The number of nitrogens with one attached hydrogen (secondary N) is 2. The number of rotatable bonds is 2. The zero-order chi connectivity index (χ0) is 11.5. The number of nitrogens with zero attached hydrogens (tertiary/aromatic N) is 3. The molecule has 2 heterocycles. The molecule has 7 nitrogen and oxygen atoms in total. The summed E-state index contributed by atoms with van der Waals surface area (Å²) in [5, 5.41) is 3.76. The molecular weight excluding hydrogens is 208 g/mol. The van der Waals surface area contributed by atoms with Gasteiger partial charge in [-0.3, -0.25) is 0 Å². The number of nitrogens with two attached hydrogens (primary N) is 1. The molecule has 0 spiro atoms. The van der Waals surface area contributed by atoms with Gasteiger partial charge in [0, 0.05) is 6.20 Å². The third-order valence-corrected chi connectivity index (χ3v) is 1.93. The zero-order valence-corrected chi connectivity index (χ0v) is 8.56. The maximum absolute atomic E-state index is 10.5. The number of H-pyrrole nitrogens is 1. The van der Waals surface area contributed by atoms with E-state index in [9.17, 15) is 4.79 Å². The number of hydrogen-bond donors (Lipinski definition) is 3. The summed E-state index contributed by atoms with van der Waals surface area (Å²) in [7, 11) is 0. The Balaban J connectivity index is 2.33. The molecule has 0 aliphatic rings. The van der Waals surface area contributed by atoms with Gasteiger partial charge in [0.1, 0.15) is 5.71 Å². The monoisotopic (exact) mass is 218 g/mol. The van der Waals surface area contributed by atoms with E-state index in [1.54, 1.807) is 19.2 Å². The molecule has 2 rings (SSSR count). The van der Waals surface area contributed by atoms with Crippen LogP contribution in [0.3, 0.4) is 0 Å². The maximum atomic E-state index is 10.5. The van der Waals surface area contributed by atoms with Crippen LogP contribution in [0.15, 0.2) is 23.4 Å². The van der Waals surface area contributed by atoms with E-state index >= 15 is 0 Å². The van der Waals surface area contributed by atoms with Gasteiger partial charge in [-0.15, -0.1) is 0 Å². The van der Waals surface area contributed by atoms with Gasteiger partial charge >= 0.3 is 6.03 Å². The molecule has 0 atom stereocenters. The molecule has 16 heavy (non-hydrogen) atoms. The zero-order valence-electron chi connectivity index (χ0n) is 8.56. The Morgan fingerprint density at radius 2 is 2.44 bits per heavy atom. The van der Waals surface area contributed by atoms with Crippen molar-refractivity contribution in [1.82, 2.24) is 20.4 Å². The second-order valence-electron chi connectivity index (χ2n) is 3.13. The highest BCUT2D eigenvalue weighted by Crippen LogP contribution is 2.07. The summed E-state index contributed by atoms with van der Waals surface area (Å²) in [6.07, 6.45) is 1.65. The highest BCUT2D eigenvalue weighted by atomic mass is 16.2. The van der Waals surface area contributed by atoms with Crippen molar-refractivity contribution >= 4 is 22.9 Å². The summed E-state index contributed by atoms with van der Waals surface area (Å²) in [5.74, 6) is 0.544. The van der Waals surface area contributed by atoms with Gasteiger partial charge in [-0.2, -0.15) is 5.10 Å². The molecule has 7 heteroatoms. The van der Waals surface area contributed by atoms with Crippen LogP contribution in [0, 0.1) is 0 Å². The molecule has 0 bridgehead atoms. The average molecular weight is 218 g/mol. The largest absolute Gasteiger partial charge is 0.350 e. The lowest BCUT2D eigenvalue weighted by molar-refractivity contribution is 0.249. The number of fused-ring (bicyclic) bond motifs is 1. The number of imidazole rings is 1. The number of aromatic nitrogens is 3. The SMILES string of the molecule is C/C(=N\NC(N)=O)c1nc2ncccc2[nH]1. The van der Waals surface area contributed by atoms with Gasteiger partial charge in [-0.25, -0.2) is 20.2 Å². The molecule has 2 aromatic rings. The lowest BCUT2D eigenvalue weighted by Crippen LogP contribution is -2.25. The van der Waals surface area contributed by atoms with E-state index in [0.717, 1.165) is 5.52 Å². The first-order chi connectivity index (χ1) is 7.66. The molecule has 0 aromatic carbocycles. The standard InChI is InChI=1S/C9H10N6O/c1-5(14-15-9(10)16)7-12-6-3-2-4-11-8(6)13-7/h2-4H,1H3,(H3,10,15,16)(H,11,12,13)/b14-5+. The second kappa shape index (κ2) is 3.97. The third kappa shape index (κ3) is 1.97. The van der Waals surface area contributed by atoms with Crippen molar-refractivity contribution in [2.24, 2.45) is 10.8 Å². The topological polar surface area (TPSA) is 109 Å². The Kier molecular flexibility index (Phi) is 2.50. The highest BCUT2D eigenvalue weighted by Gasteiger charge is 2.05. The van der Waals surface area contributed by atoms with Crippen LogP contribution in [-0.2, 0) is 0 Å². The summed E-state index contributed by atoms with van der Waals surface area (Å²) in [6.45, 7) is 1.70. The van der Waals surface area contributed by atoms with Crippen molar-refractivity contribution in [3.8, 4) is 0 Å². The van der Waals surface area contributed by atoms with E-state index in [-0.39, 0.29) is 0 Å². The highest BCUT2D eigenvalue weighted by molar-refractivity contribution is 5.98. The lowest BCUT2D eigenvalue weighted by atomic mass is 10.4. The first-order valence-corrected chi connectivity index (χ1v) is 4.57. The number of amides is 2. The van der Waals surface area contributed by atoms with Crippen molar-refractivity contribution in [1.29, 1.82) is 0 Å². The maximum Gasteiger partial charge on any atom is 0.332 e. The van der Waals surface area contributed by atoms with Crippen LogP contribution in [0.5, 0.6) is 0 Å². The number of hydrazone groups is 1. The molecular formula is C9H10N6O. The predicted molar refractivity (Wildman–Crippen MR) is 58.8 cm³/mol. The van der Waals surface area contributed by atoms with E-state index in [4.69, 9.17) is 5.73 Å². The smallest absolute Gasteiger partial charge is 0.332 e. The van der Waals surface area contributed by atoms with Crippen molar-refractivity contribution in [2.75, 3.05) is 0 Å². The first kappa shape index (κ1) is 10.1. The van der Waals surface area contributed by atoms with Gasteiger partial charge in [-0.1, -0.05) is 0 Å².